The van der Waals surface area contributed by atoms with Crippen molar-refractivity contribution in [1.82, 2.24) is 15.8 Å². The first-order valence-corrected chi connectivity index (χ1v) is 9.87. The van der Waals surface area contributed by atoms with Crippen LogP contribution in [0.2, 0.25) is 5.02 Å². The summed E-state index contributed by atoms with van der Waals surface area (Å²) in [5.74, 6) is -0.966. The fourth-order valence-corrected chi connectivity index (χ4v) is 3.45. The van der Waals surface area contributed by atoms with Gasteiger partial charge >= 0.3 is 0 Å². The number of hydrazine groups is 1. The zero-order chi connectivity index (χ0) is 21.5. The number of para-hydroxylation sites is 1. The van der Waals surface area contributed by atoms with Crippen LogP contribution >= 0.6 is 11.6 Å². The molecule has 0 bridgehead atoms. The Bertz CT molecular complexity index is 917. The van der Waals surface area contributed by atoms with E-state index in [1.807, 2.05) is 18.2 Å². The number of halogens is 1. The number of carbonyl (C=O) groups excluding carboxylic acids is 2. The number of nitro benzene ring substituents is 1. The van der Waals surface area contributed by atoms with E-state index in [9.17, 15) is 19.7 Å². The Kier molecular flexibility index (Phi) is 7.21. The number of nitrogens with zero attached hydrogens (tertiary/aromatic N) is 3. The molecule has 0 unspecified atom stereocenters. The fourth-order valence-electron chi connectivity index (χ4n) is 3.19. The second-order valence-corrected chi connectivity index (χ2v) is 7.24. The number of piperazine rings is 1. The molecule has 158 valence electrons. The van der Waals surface area contributed by atoms with E-state index in [0.717, 1.165) is 32.2 Å². The maximum atomic E-state index is 12.1. The molecule has 2 aromatic rings. The maximum absolute atomic E-state index is 12.1. The van der Waals surface area contributed by atoms with Crippen molar-refractivity contribution in [1.29, 1.82) is 0 Å². The molecular formula is C20H22ClN5O4. The zero-order valence-corrected chi connectivity index (χ0v) is 17.0. The molecule has 0 spiro atoms. The van der Waals surface area contributed by atoms with Crippen LogP contribution in [0.1, 0.15) is 16.8 Å². The van der Waals surface area contributed by atoms with E-state index < -0.39 is 10.8 Å². The molecule has 1 heterocycles. The Labute approximate surface area is 178 Å². The average Bonchev–Trinajstić information content (AvgIpc) is 2.77. The van der Waals surface area contributed by atoms with Gasteiger partial charge in [-0.15, -0.1) is 0 Å². The number of amides is 2. The number of nitro groups is 1. The normalized spacial score (nSPS) is 14.2. The summed E-state index contributed by atoms with van der Waals surface area (Å²) in [5, 5.41) is 10.7. The van der Waals surface area contributed by atoms with Gasteiger partial charge in [-0.25, -0.2) is 0 Å². The van der Waals surface area contributed by atoms with Crippen molar-refractivity contribution in [3.8, 4) is 0 Å². The molecule has 2 amide bonds. The number of benzene rings is 2. The SMILES string of the molecule is O=C(CCN1CCN(c2ccccc2)CC1)NNC(=O)c1ccc([N+](=O)[O-])cc1Cl. The molecule has 0 atom stereocenters. The van der Waals surface area contributed by atoms with Gasteiger partial charge in [0.25, 0.3) is 11.6 Å². The van der Waals surface area contributed by atoms with Gasteiger partial charge in [-0.1, -0.05) is 29.8 Å². The molecule has 2 N–H and O–H groups in total. The van der Waals surface area contributed by atoms with Gasteiger partial charge in [0, 0.05) is 57.0 Å². The molecule has 1 saturated heterocycles. The van der Waals surface area contributed by atoms with Gasteiger partial charge in [0.15, 0.2) is 0 Å². The molecule has 0 radical (unpaired) electrons. The molecule has 9 nitrogen and oxygen atoms in total. The molecule has 0 saturated carbocycles. The lowest BCUT2D eigenvalue weighted by atomic mass is 10.2. The van der Waals surface area contributed by atoms with Crippen LogP contribution in [0.3, 0.4) is 0 Å². The van der Waals surface area contributed by atoms with E-state index in [2.05, 4.69) is 32.8 Å². The third kappa shape index (κ3) is 5.68. The second kappa shape index (κ2) is 10.0. The lowest BCUT2D eigenvalue weighted by Gasteiger charge is -2.36. The highest BCUT2D eigenvalue weighted by molar-refractivity contribution is 6.34. The highest BCUT2D eigenvalue weighted by atomic mass is 35.5. The average molecular weight is 432 g/mol. The van der Waals surface area contributed by atoms with Crippen LogP contribution in [-0.4, -0.2) is 54.4 Å². The van der Waals surface area contributed by atoms with E-state index in [-0.39, 0.29) is 28.6 Å². The summed E-state index contributed by atoms with van der Waals surface area (Å²) in [4.78, 5) is 38.8. The third-order valence-corrected chi connectivity index (χ3v) is 5.18. The van der Waals surface area contributed by atoms with Gasteiger partial charge in [-0.3, -0.25) is 35.5 Å². The number of hydrogen-bond acceptors (Lipinski definition) is 6. The first-order valence-electron chi connectivity index (χ1n) is 9.49. The number of non-ortho nitro benzene ring substituents is 1. The standard InChI is InChI=1S/C20H22ClN5O4/c21-18-14-16(26(29)30)6-7-17(18)20(28)23-22-19(27)8-9-24-10-12-25(13-11-24)15-4-2-1-3-5-15/h1-7,14H,8-13H2,(H,22,27)(H,23,28). The van der Waals surface area contributed by atoms with Gasteiger partial charge in [0.05, 0.1) is 15.5 Å². The van der Waals surface area contributed by atoms with Crippen LogP contribution in [0.4, 0.5) is 11.4 Å². The predicted molar refractivity (Wildman–Crippen MR) is 113 cm³/mol. The van der Waals surface area contributed by atoms with Crippen molar-refractivity contribution in [3.05, 3.63) is 69.2 Å². The second-order valence-electron chi connectivity index (χ2n) is 6.84. The Hall–Kier alpha value is -3.17. The molecular weight excluding hydrogens is 410 g/mol. The van der Waals surface area contributed by atoms with Crippen LogP contribution < -0.4 is 15.8 Å². The summed E-state index contributed by atoms with van der Waals surface area (Å²) >= 11 is 5.91. The quantitative estimate of drug-likeness (QED) is 0.536. The van der Waals surface area contributed by atoms with E-state index in [0.29, 0.717) is 6.54 Å². The van der Waals surface area contributed by atoms with Crippen LogP contribution in [0.5, 0.6) is 0 Å². The van der Waals surface area contributed by atoms with Gasteiger partial charge in [0.2, 0.25) is 5.91 Å². The van der Waals surface area contributed by atoms with Crippen molar-refractivity contribution < 1.29 is 14.5 Å². The highest BCUT2D eigenvalue weighted by Gasteiger charge is 2.18. The summed E-state index contributed by atoms with van der Waals surface area (Å²) in [6.07, 6.45) is 0.236. The van der Waals surface area contributed by atoms with E-state index in [4.69, 9.17) is 11.6 Å². The minimum Gasteiger partial charge on any atom is -0.369 e. The predicted octanol–water partition coefficient (Wildman–Crippen LogP) is 2.22. The third-order valence-electron chi connectivity index (χ3n) is 4.87. The minimum absolute atomic E-state index is 0.0413. The van der Waals surface area contributed by atoms with Gasteiger partial charge in [-0.05, 0) is 18.2 Å². The van der Waals surface area contributed by atoms with Gasteiger partial charge in [0.1, 0.15) is 0 Å². The topological polar surface area (TPSA) is 108 Å². The molecule has 3 rings (SSSR count). The van der Waals surface area contributed by atoms with Crippen LogP contribution in [0.15, 0.2) is 48.5 Å². The first-order chi connectivity index (χ1) is 14.4. The summed E-state index contributed by atoms with van der Waals surface area (Å²) < 4.78 is 0. The van der Waals surface area contributed by atoms with Crippen molar-refractivity contribution in [2.75, 3.05) is 37.6 Å². The van der Waals surface area contributed by atoms with Crippen LogP contribution in [-0.2, 0) is 4.79 Å². The van der Waals surface area contributed by atoms with E-state index in [1.165, 1.54) is 17.8 Å². The van der Waals surface area contributed by atoms with Gasteiger partial charge < -0.3 is 4.90 Å². The molecule has 2 aromatic carbocycles. The molecule has 1 fully saturated rings. The summed E-state index contributed by atoms with van der Waals surface area (Å²) in [6.45, 7) is 4.07. The number of rotatable bonds is 6. The maximum Gasteiger partial charge on any atom is 0.271 e. The summed E-state index contributed by atoms with van der Waals surface area (Å²) in [6, 6.07) is 13.7. The Balaban J connectivity index is 1.39. The Morgan fingerprint density at radius 2 is 1.73 bits per heavy atom. The minimum atomic E-state index is -0.639. The largest absolute Gasteiger partial charge is 0.369 e. The van der Waals surface area contributed by atoms with Crippen LogP contribution in [0.25, 0.3) is 0 Å². The number of nitrogens with one attached hydrogen (secondary N) is 2. The molecule has 30 heavy (non-hydrogen) atoms. The first kappa shape index (κ1) is 21.5. The number of carbonyl (C=O) groups is 2. The monoisotopic (exact) mass is 431 g/mol. The highest BCUT2D eigenvalue weighted by Crippen LogP contribution is 2.22. The molecule has 1 aliphatic heterocycles. The van der Waals surface area contributed by atoms with Crippen molar-refractivity contribution in [2.24, 2.45) is 0 Å². The fraction of sp³-hybridized carbons (Fsp3) is 0.300. The van der Waals surface area contributed by atoms with Crippen LogP contribution in [0, 0.1) is 10.1 Å². The number of hydrogen-bond donors (Lipinski definition) is 2. The molecule has 0 aliphatic carbocycles. The van der Waals surface area contributed by atoms with E-state index in [1.54, 1.807) is 0 Å². The lowest BCUT2D eigenvalue weighted by molar-refractivity contribution is -0.384. The van der Waals surface area contributed by atoms with Crippen molar-refractivity contribution in [3.63, 3.8) is 0 Å². The zero-order valence-electron chi connectivity index (χ0n) is 16.2. The van der Waals surface area contributed by atoms with Gasteiger partial charge in [-0.2, -0.15) is 0 Å². The lowest BCUT2D eigenvalue weighted by Crippen LogP contribution is -2.48. The summed E-state index contributed by atoms with van der Waals surface area (Å²) in [7, 11) is 0. The Morgan fingerprint density at radius 1 is 1.03 bits per heavy atom. The molecule has 1 aliphatic rings. The van der Waals surface area contributed by atoms with Crippen molar-refractivity contribution >= 4 is 34.8 Å². The van der Waals surface area contributed by atoms with Crippen molar-refractivity contribution in [2.45, 2.75) is 6.42 Å². The smallest absolute Gasteiger partial charge is 0.271 e. The molecule has 0 aromatic heterocycles. The molecule has 10 heteroatoms. The number of anilines is 1. The summed E-state index contributed by atoms with van der Waals surface area (Å²) in [5.41, 5.74) is 5.66. The Morgan fingerprint density at radius 3 is 2.37 bits per heavy atom. The van der Waals surface area contributed by atoms with E-state index >= 15 is 0 Å².